The molecule has 0 bridgehead atoms. The minimum atomic E-state index is -4.50. The van der Waals surface area contributed by atoms with Gasteiger partial charge in [-0.1, -0.05) is 36.4 Å². The minimum Gasteiger partial charge on any atom is -0.366 e. The van der Waals surface area contributed by atoms with Crippen molar-refractivity contribution in [2.45, 2.75) is 43.4 Å². The molecule has 6 rings (SSSR count). The van der Waals surface area contributed by atoms with Crippen molar-refractivity contribution in [2.24, 2.45) is 0 Å². The molecule has 9 nitrogen and oxygen atoms in total. The molecule has 1 amide bonds. The first-order valence-corrected chi connectivity index (χ1v) is 17.0. The number of sulfonamides is 1. The summed E-state index contributed by atoms with van der Waals surface area (Å²) in [7, 11) is -3.91. The van der Waals surface area contributed by atoms with E-state index in [0.29, 0.717) is 67.6 Å². The smallest absolute Gasteiger partial charge is 0.366 e. The highest BCUT2D eigenvalue weighted by Gasteiger charge is 2.39. The van der Waals surface area contributed by atoms with E-state index in [0.717, 1.165) is 17.7 Å². The molecule has 0 saturated carbocycles. The highest BCUT2D eigenvalue weighted by atomic mass is 32.2. The van der Waals surface area contributed by atoms with Crippen molar-refractivity contribution in [1.29, 1.82) is 0 Å². The van der Waals surface area contributed by atoms with E-state index < -0.39 is 33.7 Å². The first-order valence-electron chi connectivity index (χ1n) is 15.6. The molecule has 3 heterocycles. The summed E-state index contributed by atoms with van der Waals surface area (Å²) in [5, 5.41) is 2.83. The summed E-state index contributed by atoms with van der Waals surface area (Å²) in [6.07, 6.45) is -3.61. The van der Waals surface area contributed by atoms with Gasteiger partial charge in [0.05, 0.1) is 34.1 Å². The SMILES string of the molecule is Cc1cccc(S(=O)(=O)N2CCCC2C(=O)NCc2cc(-c3ccc(C(F)(F)F)cc3)nc(N3CCN(c4ccccc4F)CC3)n2)c1. The molecule has 252 valence electrons. The Morgan fingerprint density at radius 3 is 2.29 bits per heavy atom. The van der Waals surface area contributed by atoms with Crippen molar-refractivity contribution < 1.29 is 30.8 Å². The van der Waals surface area contributed by atoms with Gasteiger partial charge in [-0.2, -0.15) is 17.5 Å². The van der Waals surface area contributed by atoms with Crippen LogP contribution in [0, 0.1) is 12.7 Å². The third-order valence-electron chi connectivity index (χ3n) is 8.58. The number of hydrogen-bond acceptors (Lipinski definition) is 7. The van der Waals surface area contributed by atoms with E-state index in [4.69, 9.17) is 0 Å². The fourth-order valence-corrected chi connectivity index (χ4v) is 7.81. The van der Waals surface area contributed by atoms with Crippen LogP contribution in [-0.2, 0) is 27.5 Å². The highest BCUT2D eigenvalue weighted by Crippen LogP contribution is 2.32. The van der Waals surface area contributed by atoms with E-state index >= 15 is 0 Å². The Morgan fingerprint density at radius 1 is 0.896 bits per heavy atom. The fraction of sp³-hybridized carbons (Fsp3) is 0.324. The monoisotopic (exact) mass is 682 g/mol. The molecule has 1 aromatic heterocycles. The summed E-state index contributed by atoms with van der Waals surface area (Å²) in [6, 6.07) is 18.4. The molecule has 0 spiro atoms. The van der Waals surface area contributed by atoms with E-state index in [1.807, 2.05) is 9.80 Å². The van der Waals surface area contributed by atoms with Crippen LogP contribution in [0.2, 0.25) is 0 Å². The Balaban J connectivity index is 1.23. The largest absolute Gasteiger partial charge is 0.416 e. The molecule has 14 heteroatoms. The predicted molar refractivity (Wildman–Crippen MR) is 173 cm³/mol. The predicted octanol–water partition coefficient (Wildman–Crippen LogP) is 5.41. The maximum Gasteiger partial charge on any atom is 0.416 e. The van der Waals surface area contributed by atoms with Gasteiger partial charge in [0.2, 0.25) is 21.9 Å². The van der Waals surface area contributed by atoms with E-state index in [9.17, 15) is 30.8 Å². The van der Waals surface area contributed by atoms with Gasteiger partial charge in [0.25, 0.3) is 0 Å². The van der Waals surface area contributed by atoms with Crippen LogP contribution in [0.5, 0.6) is 0 Å². The number of benzene rings is 3. The normalized spacial score (nSPS) is 17.5. The van der Waals surface area contributed by atoms with Crippen molar-refractivity contribution in [1.82, 2.24) is 19.6 Å². The molecule has 2 fully saturated rings. The van der Waals surface area contributed by atoms with Crippen LogP contribution in [0.25, 0.3) is 11.3 Å². The molecular weight excluding hydrogens is 648 g/mol. The molecule has 48 heavy (non-hydrogen) atoms. The van der Waals surface area contributed by atoms with E-state index in [1.165, 1.54) is 28.6 Å². The Hall–Kier alpha value is -4.56. The van der Waals surface area contributed by atoms with Gasteiger partial charge in [-0.25, -0.2) is 22.8 Å². The number of anilines is 2. The summed E-state index contributed by atoms with van der Waals surface area (Å²) < 4.78 is 82.3. The van der Waals surface area contributed by atoms with Crippen molar-refractivity contribution in [3.8, 4) is 11.3 Å². The summed E-state index contributed by atoms with van der Waals surface area (Å²) in [5.41, 5.74) is 1.66. The number of halogens is 4. The van der Waals surface area contributed by atoms with Crippen LogP contribution in [0.15, 0.2) is 83.8 Å². The van der Waals surface area contributed by atoms with Crippen LogP contribution < -0.4 is 15.1 Å². The zero-order chi connectivity index (χ0) is 34.1. The number of nitrogens with zero attached hydrogens (tertiary/aromatic N) is 5. The lowest BCUT2D eigenvalue weighted by Crippen LogP contribution is -2.47. The van der Waals surface area contributed by atoms with Gasteiger partial charge in [0.1, 0.15) is 11.9 Å². The maximum atomic E-state index is 14.4. The lowest BCUT2D eigenvalue weighted by Gasteiger charge is -2.36. The summed E-state index contributed by atoms with van der Waals surface area (Å²) in [6.45, 7) is 3.80. The first-order chi connectivity index (χ1) is 22.9. The van der Waals surface area contributed by atoms with Crippen LogP contribution in [-0.4, -0.2) is 67.4 Å². The molecule has 2 aliphatic rings. The van der Waals surface area contributed by atoms with Crippen LogP contribution >= 0.6 is 0 Å². The summed E-state index contributed by atoms with van der Waals surface area (Å²) in [5.74, 6) is -0.482. The van der Waals surface area contributed by atoms with Gasteiger partial charge in [-0.15, -0.1) is 0 Å². The van der Waals surface area contributed by atoms with Gasteiger partial charge in [-0.3, -0.25) is 4.79 Å². The lowest BCUT2D eigenvalue weighted by atomic mass is 10.1. The van der Waals surface area contributed by atoms with Crippen LogP contribution in [0.3, 0.4) is 0 Å². The summed E-state index contributed by atoms with van der Waals surface area (Å²) in [4.78, 5) is 26.7. The molecule has 1 unspecified atom stereocenters. The molecule has 0 radical (unpaired) electrons. The number of amides is 1. The second-order valence-electron chi connectivity index (χ2n) is 11.9. The van der Waals surface area contributed by atoms with Crippen molar-refractivity contribution in [3.05, 3.63) is 102 Å². The third-order valence-corrected chi connectivity index (χ3v) is 10.5. The van der Waals surface area contributed by atoms with Gasteiger partial charge in [0.15, 0.2) is 0 Å². The number of piperazine rings is 1. The fourth-order valence-electron chi connectivity index (χ4n) is 6.05. The quantitative estimate of drug-likeness (QED) is 0.249. The Labute approximate surface area is 276 Å². The van der Waals surface area contributed by atoms with Gasteiger partial charge in [0, 0.05) is 38.3 Å². The minimum absolute atomic E-state index is 0.0635. The van der Waals surface area contributed by atoms with Crippen molar-refractivity contribution in [2.75, 3.05) is 42.5 Å². The Bertz CT molecular complexity index is 1900. The standard InChI is InChI=1S/C34H34F4N6O3S/c1-23-6-4-7-27(20-23)48(46,47)44-15-5-10-31(44)32(45)39-22-26-21-29(24-11-13-25(14-12-24)34(36,37)38)41-33(40-26)43-18-16-42(17-19-43)30-9-3-2-8-28(30)35/h2-4,6-9,11-14,20-21,31H,5,10,15-19,22H2,1H3,(H,39,45). The molecule has 4 aromatic rings. The number of para-hydroxylation sites is 1. The number of rotatable bonds is 8. The molecule has 2 aliphatic heterocycles. The molecular formula is C34H34F4N6O3S. The zero-order valence-corrected chi connectivity index (χ0v) is 26.9. The van der Waals surface area contributed by atoms with Gasteiger partial charge in [-0.05, 0) is 67.8 Å². The first kappa shape index (κ1) is 33.3. The van der Waals surface area contributed by atoms with E-state index in [2.05, 4.69) is 15.3 Å². The second kappa shape index (κ2) is 13.5. The van der Waals surface area contributed by atoms with E-state index in [-0.39, 0.29) is 23.8 Å². The lowest BCUT2D eigenvalue weighted by molar-refractivity contribution is -0.137. The van der Waals surface area contributed by atoms with Gasteiger partial charge < -0.3 is 15.1 Å². The molecule has 2 saturated heterocycles. The van der Waals surface area contributed by atoms with Crippen LogP contribution in [0.4, 0.5) is 29.2 Å². The molecule has 3 aromatic carbocycles. The van der Waals surface area contributed by atoms with Crippen LogP contribution in [0.1, 0.15) is 29.7 Å². The number of alkyl halides is 3. The third kappa shape index (κ3) is 7.14. The molecule has 1 N–H and O–H groups in total. The maximum absolute atomic E-state index is 14.4. The Morgan fingerprint density at radius 2 is 1.60 bits per heavy atom. The molecule has 0 aliphatic carbocycles. The summed E-state index contributed by atoms with van der Waals surface area (Å²) >= 11 is 0. The average Bonchev–Trinajstić information content (AvgIpc) is 3.59. The number of carbonyl (C=O) groups excluding carboxylic acids is 1. The van der Waals surface area contributed by atoms with Gasteiger partial charge >= 0.3 is 6.18 Å². The average molecular weight is 683 g/mol. The number of aryl methyl sites for hydroxylation is 1. The Kier molecular flexibility index (Phi) is 9.39. The second-order valence-corrected chi connectivity index (χ2v) is 13.7. The van der Waals surface area contributed by atoms with Crippen molar-refractivity contribution >= 4 is 27.6 Å². The number of aromatic nitrogens is 2. The number of carbonyl (C=O) groups is 1. The number of hydrogen-bond donors (Lipinski definition) is 1. The van der Waals surface area contributed by atoms with Crippen molar-refractivity contribution in [3.63, 3.8) is 0 Å². The molecule has 1 atom stereocenters. The topological polar surface area (TPSA) is 98.7 Å². The highest BCUT2D eigenvalue weighted by molar-refractivity contribution is 7.89. The zero-order valence-electron chi connectivity index (χ0n) is 26.1. The van der Waals surface area contributed by atoms with E-state index in [1.54, 1.807) is 49.4 Å². The number of nitrogens with one attached hydrogen (secondary N) is 1.